The predicted molar refractivity (Wildman–Crippen MR) is 69.0 cm³/mol. The lowest BCUT2D eigenvalue weighted by Gasteiger charge is -2.28. The molecule has 0 spiro atoms. The van der Waals surface area contributed by atoms with Crippen LogP contribution in [-0.4, -0.2) is 17.6 Å². The summed E-state index contributed by atoms with van der Waals surface area (Å²) in [7, 11) is 0. The SMILES string of the molecule is CC(C)N(CC1CC1)c1cccc(CCl)n1. The molecular weight excluding hydrogens is 220 g/mol. The Balaban J connectivity index is 2.15. The Labute approximate surface area is 103 Å². The van der Waals surface area contributed by atoms with Crippen molar-refractivity contribution in [3.8, 4) is 0 Å². The number of hydrogen-bond donors (Lipinski definition) is 0. The summed E-state index contributed by atoms with van der Waals surface area (Å²) >= 11 is 5.82. The highest BCUT2D eigenvalue weighted by Crippen LogP contribution is 2.31. The summed E-state index contributed by atoms with van der Waals surface area (Å²) in [6, 6.07) is 6.60. The number of hydrogen-bond acceptors (Lipinski definition) is 2. The number of aromatic nitrogens is 1. The first kappa shape index (κ1) is 11.7. The van der Waals surface area contributed by atoms with Crippen LogP contribution >= 0.6 is 11.6 Å². The molecule has 0 N–H and O–H groups in total. The molecule has 16 heavy (non-hydrogen) atoms. The average molecular weight is 239 g/mol. The minimum Gasteiger partial charge on any atom is -0.354 e. The van der Waals surface area contributed by atoms with Crippen molar-refractivity contribution in [2.75, 3.05) is 11.4 Å². The van der Waals surface area contributed by atoms with E-state index < -0.39 is 0 Å². The van der Waals surface area contributed by atoms with Crippen molar-refractivity contribution in [2.24, 2.45) is 5.92 Å². The number of rotatable bonds is 5. The Bertz CT molecular complexity index is 348. The standard InChI is InChI=1S/C13H19ClN2/c1-10(2)16(9-11-6-7-11)13-5-3-4-12(8-14)15-13/h3-5,10-11H,6-9H2,1-2H3. The lowest BCUT2D eigenvalue weighted by Crippen LogP contribution is -2.33. The molecule has 2 rings (SSSR count). The topological polar surface area (TPSA) is 16.1 Å². The molecule has 1 aromatic rings. The number of nitrogens with zero attached hydrogens (tertiary/aromatic N) is 2. The fourth-order valence-corrected chi connectivity index (χ4v) is 2.00. The lowest BCUT2D eigenvalue weighted by molar-refractivity contribution is 0.636. The van der Waals surface area contributed by atoms with Gasteiger partial charge in [0.2, 0.25) is 0 Å². The summed E-state index contributed by atoms with van der Waals surface area (Å²) in [6.07, 6.45) is 2.75. The molecular formula is C13H19ClN2. The molecule has 1 aliphatic carbocycles. The number of alkyl halides is 1. The van der Waals surface area contributed by atoms with Crippen molar-refractivity contribution in [2.45, 2.75) is 38.6 Å². The molecule has 0 unspecified atom stereocenters. The van der Waals surface area contributed by atoms with Crippen LogP contribution in [0.4, 0.5) is 5.82 Å². The van der Waals surface area contributed by atoms with E-state index in [2.05, 4.69) is 29.8 Å². The average Bonchev–Trinajstić information content (AvgIpc) is 3.09. The van der Waals surface area contributed by atoms with Gasteiger partial charge in [-0.3, -0.25) is 0 Å². The van der Waals surface area contributed by atoms with E-state index in [0.717, 1.165) is 24.0 Å². The summed E-state index contributed by atoms with van der Waals surface area (Å²) < 4.78 is 0. The minimum atomic E-state index is 0.489. The van der Waals surface area contributed by atoms with Crippen molar-refractivity contribution in [3.05, 3.63) is 23.9 Å². The second kappa shape index (κ2) is 5.05. The van der Waals surface area contributed by atoms with Crippen LogP contribution < -0.4 is 4.90 Å². The Morgan fingerprint density at radius 2 is 2.19 bits per heavy atom. The molecule has 0 aromatic carbocycles. The number of pyridine rings is 1. The molecule has 2 nitrogen and oxygen atoms in total. The van der Waals surface area contributed by atoms with Crippen molar-refractivity contribution in [1.29, 1.82) is 0 Å². The molecule has 1 aromatic heterocycles. The van der Waals surface area contributed by atoms with Crippen LogP contribution in [0.2, 0.25) is 0 Å². The third-order valence-electron chi connectivity index (χ3n) is 3.00. The zero-order chi connectivity index (χ0) is 11.5. The van der Waals surface area contributed by atoms with Gasteiger partial charge in [0, 0.05) is 12.6 Å². The first-order chi connectivity index (χ1) is 7.70. The molecule has 88 valence electrons. The fourth-order valence-electron chi connectivity index (χ4n) is 1.85. The van der Waals surface area contributed by atoms with Crippen LogP contribution in [0, 0.1) is 5.92 Å². The van der Waals surface area contributed by atoms with E-state index in [4.69, 9.17) is 11.6 Å². The van der Waals surface area contributed by atoms with E-state index in [1.54, 1.807) is 0 Å². The molecule has 0 aliphatic heterocycles. The van der Waals surface area contributed by atoms with E-state index in [-0.39, 0.29) is 0 Å². The van der Waals surface area contributed by atoms with Crippen LogP contribution in [0.25, 0.3) is 0 Å². The summed E-state index contributed by atoms with van der Waals surface area (Å²) in [5, 5.41) is 0. The highest BCUT2D eigenvalue weighted by Gasteiger charge is 2.26. The van der Waals surface area contributed by atoms with Crippen molar-refractivity contribution >= 4 is 17.4 Å². The summed E-state index contributed by atoms with van der Waals surface area (Å²) in [5.74, 6) is 2.44. The molecule has 0 saturated heterocycles. The van der Waals surface area contributed by atoms with Crippen LogP contribution in [0.5, 0.6) is 0 Å². The van der Waals surface area contributed by atoms with E-state index in [1.807, 2.05) is 12.1 Å². The molecule has 1 saturated carbocycles. The van der Waals surface area contributed by atoms with Gasteiger partial charge in [0.25, 0.3) is 0 Å². The third kappa shape index (κ3) is 2.88. The number of halogens is 1. The second-order valence-electron chi connectivity index (χ2n) is 4.81. The van der Waals surface area contributed by atoms with Gasteiger partial charge >= 0.3 is 0 Å². The zero-order valence-electron chi connectivity index (χ0n) is 9.99. The van der Waals surface area contributed by atoms with Gasteiger partial charge in [0.15, 0.2) is 0 Å². The van der Waals surface area contributed by atoms with E-state index in [0.29, 0.717) is 11.9 Å². The Kier molecular flexibility index (Phi) is 3.70. The predicted octanol–water partition coefficient (Wildman–Crippen LogP) is 3.45. The van der Waals surface area contributed by atoms with Gasteiger partial charge in [0.05, 0.1) is 11.6 Å². The zero-order valence-corrected chi connectivity index (χ0v) is 10.7. The van der Waals surface area contributed by atoms with Crippen LogP contribution in [0.15, 0.2) is 18.2 Å². The summed E-state index contributed by atoms with van der Waals surface area (Å²) in [4.78, 5) is 6.97. The highest BCUT2D eigenvalue weighted by atomic mass is 35.5. The van der Waals surface area contributed by atoms with Crippen LogP contribution in [0.3, 0.4) is 0 Å². The van der Waals surface area contributed by atoms with Crippen molar-refractivity contribution < 1.29 is 0 Å². The van der Waals surface area contributed by atoms with Crippen molar-refractivity contribution in [1.82, 2.24) is 4.98 Å². The van der Waals surface area contributed by atoms with Gasteiger partial charge < -0.3 is 4.90 Å². The Morgan fingerprint density at radius 3 is 2.75 bits per heavy atom. The van der Waals surface area contributed by atoms with Gasteiger partial charge in [-0.2, -0.15) is 0 Å². The molecule has 0 bridgehead atoms. The molecule has 0 radical (unpaired) electrons. The normalized spacial score (nSPS) is 15.5. The number of anilines is 1. The molecule has 3 heteroatoms. The van der Waals surface area contributed by atoms with E-state index in [1.165, 1.54) is 12.8 Å². The largest absolute Gasteiger partial charge is 0.354 e. The van der Waals surface area contributed by atoms with Gasteiger partial charge in [-0.15, -0.1) is 11.6 Å². The van der Waals surface area contributed by atoms with Gasteiger partial charge in [-0.1, -0.05) is 6.07 Å². The lowest BCUT2D eigenvalue weighted by atomic mass is 10.2. The highest BCUT2D eigenvalue weighted by molar-refractivity contribution is 6.16. The first-order valence-electron chi connectivity index (χ1n) is 5.99. The van der Waals surface area contributed by atoms with Gasteiger partial charge in [0.1, 0.15) is 5.82 Å². The second-order valence-corrected chi connectivity index (χ2v) is 5.08. The first-order valence-corrected chi connectivity index (χ1v) is 6.52. The minimum absolute atomic E-state index is 0.489. The third-order valence-corrected chi connectivity index (χ3v) is 3.27. The monoisotopic (exact) mass is 238 g/mol. The van der Waals surface area contributed by atoms with Gasteiger partial charge in [-0.25, -0.2) is 4.98 Å². The summed E-state index contributed by atoms with van der Waals surface area (Å²) in [6.45, 7) is 5.57. The molecule has 0 atom stereocenters. The maximum absolute atomic E-state index is 5.82. The molecule has 1 fully saturated rings. The fraction of sp³-hybridized carbons (Fsp3) is 0.615. The molecule has 1 heterocycles. The summed E-state index contributed by atoms with van der Waals surface area (Å²) in [5.41, 5.74) is 0.959. The molecule has 0 amide bonds. The quantitative estimate of drug-likeness (QED) is 0.731. The van der Waals surface area contributed by atoms with Gasteiger partial charge in [-0.05, 0) is 44.7 Å². The van der Waals surface area contributed by atoms with Crippen LogP contribution in [0.1, 0.15) is 32.4 Å². The Hall–Kier alpha value is -0.760. The van der Waals surface area contributed by atoms with E-state index >= 15 is 0 Å². The smallest absolute Gasteiger partial charge is 0.129 e. The maximum atomic E-state index is 5.82. The van der Waals surface area contributed by atoms with Crippen molar-refractivity contribution in [3.63, 3.8) is 0 Å². The Morgan fingerprint density at radius 1 is 1.44 bits per heavy atom. The van der Waals surface area contributed by atoms with Crippen LogP contribution in [-0.2, 0) is 5.88 Å². The molecule has 1 aliphatic rings. The van der Waals surface area contributed by atoms with E-state index in [9.17, 15) is 0 Å². The maximum Gasteiger partial charge on any atom is 0.129 e.